The van der Waals surface area contributed by atoms with Gasteiger partial charge in [-0.2, -0.15) is 0 Å². The third-order valence-corrected chi connectivity index (χ3v) is 2.87. The van der Waals surface area contributed by atoms with Crippen LogP contribution in [0.15, 0.2) is 0 Å². The summed E-state index contributed by atoms with van der Waals surface area (Å²) in [7, 11) is 1.14. The van der Waals surface area contributed by atoms with Crippen LogP contribution in [-0.4, -0.2) is 54.7 Å². The van der Waals surface area contributed by atoms with Crippen LogP contribution in [-0.2, 0) is 19.1 Å². The summed E-state index contributed by atoms with van der Waals surface area (Å²) in [6.07, 6.45) is 1.21. The molecular weight excluding hydrogens is 264 g/mol. The molecule has 2 amide bonds. The van der Waals surface area contributed by atoms with Crippen LogP contribution in [0, 0.1) is 0 Å². The maximum atomic E-state index is 12.0. The molecule has 20 heavy (non-hydrogen) atoms. The Hall–Kier alpha value is -1.79. The Morgan fingerprint density at radius 2 is 1.95 bits per heavy atom. The molecule has 1 rings (SSSR count). The Labute approximate surface area is 118 Å². The molecule has 0 aromatic rings. The third-order valence-electron chi connectivity index (χ3n) is 2.87. The molecule has 1 atom stereocenters. The Balaban J connectivity index is 2.51. The van der Waals surface area contributed by atoms with E-state index in [9.17, 15) is 14.4 Å². The fourth-order valence-electron chi connectivity index (χ4n) is 1.98. The number of carbonyl (C=O) groups excluding carboxylic acids is 3. The average molecular weight is 286 g/mol. The van der Waals surface area contributed by atoms with Crippen molar-refractivity contribution in [2.24, 2.45) is 0 Å². The van der Waals surface area contributed by atoms with E-state index in [2.05, 4.69) is 10.1 Å². The second kappa shape index (κ2) is 6.58. The fourth-order valence-corrected chi connectivity index (χ4v) is 1.98. The maximum Gasteiger partial charge on any atom is 0.410 e. The van der Waals surface area contributed by atoms with Crippen molar-refractivity contribution >= 4 is 18.0 Å². The van der Waals surface area contributed by atoms with Crippen molar-refractivity contribution in [3.05, 3.63) is 0 Å². The van der Waals surface area contributed by atoms with Gasteiger partial charge in [0.05, 0.1) is 13.2 Å². The minimum absolute atomic E-state index is 0.154. The topological polar surface area (TPSA) is 84.9 Å². The molecular formula is C13H22N2O5. The number of nitrogens with zero attached hydrogens (tertiary/aromatic N) is 1. The number of likely N-dealkylation sites (tertiary alicyclic amines) is 1. The zero-order valence-corrected chi connectivity index (χ0v) is 12.4. The van der Waals surface area contributed by atoms with E-state index >= 15 is 0 Å². The van der Waals surface area contributed by atoms with E-state index in [4.69, 9.17) is 4.74 Å². The lowest BCUT2D eigenvalue weighted by atomic mass is 10.2. The Morgan fingerprint density at radius 3 is 2.50 bits per heavy atom. The summed E-state index contributed by atoms with van der Waals surface area (Å²) in [5, 5.41) is 2.46. The number of esters is 1. The third kappa shape index (κ3) is 4.71. The van der Waals surface area contributed by atoms with Crippen molar-refractivity contribution in [1.29, 1.82) is 0 Å². The number of nitrogens with one attached hydrogen (secondary N) is 1. The van der Waals surface area contributed by atoms with E-state index in [0.29, 0.717) is 6.54 Å². The molecule has 0 unspecified atom stereocenters. The van der Waals surface area contributed by atoms with Crippen LogP contribution in [0.3, 0.4) is 0 Å². The molecule has 1 N–H and O–H groups in total. The maximum absolute atomic E-state index is 12.0. The van der Waals surface area contributed by atoms with Gasteiger partial charge in [-0.05, 0) is 33.6 Å². The van der Waals surface area contributed by atoms with Gasteiger partial charge in [0.25, 0.3) is 0 Å². The SMILES string of the molecule is COC(=O)C(=O)NC[C@H]1CCCN1C(=O)OC(C)(C)C. The van der Waals surface area contributed by atoms with Crippen molar-refractivity contribution in [2.45, 2.75) is 45.3 Å². The standard InChI is InChI=1S/C13H22N2O5/c1-13(2,3)20-12(18)15-7-5-6-9(15)8-14-10(16)11(17)19-4/h9H,5-8H2,1-4H3,(H,14,16)/t9-/m1/s1. The van der Waals surface area contributed by atoms with Crippen molar-refractivity contribution in [1.82, 2.24) is 10.2 Å². The predicted octanol–water partition coefficient (Wildman–Crippen LogP) is 0.675. The van der Waals surface area contributed by atoms with Crippen molar-refractivity contribution < 1.29 is 23.9 Å². The van der Waals surface area contributed by atoms with Crippen LogP contribution in [0.25, 0.3) is 0 Å². The number of ether oxygens (including phenoxy) is 2. The summed E-state index contributed by atoms with van der Waals surface area (Å²) in [5.41, 5.74) is -0.556. The largest absolute Gasteiger partial charge is 0.462 e. The molecule has 1 heterocycles. The van der Waals surface area contributed by atoms with Gasteiger partial charge in [0.2, 0.25) is 0 Å². The van der Waals surface area contributed by atoms with Gasteiger partial charge in [-0.15, -0.1) is 0 Å². The van der Waals surface area contributed by atoms with Gasteiger partial charge >= 0.3 is 18.0 Å². The van der Waals surface area contributed by atoms with Crippen LogP contribution < -0.4 is 5.32 Å². The lowest BCUT2D eigenvalue weighted by molar-refractivity contribution is -0.152. The van der Waals surface area contributed by atoms with Crippen LogP contribution in [0.5, 0.6) is 0 Å². The van der Waals surface area contributed by atoms with Gasteiger partial charge in [0, 0.05) is 13.1 Å². The lowest BCUT2D eigenvalue weighted by Crippen LogP contribution is -2.46. The van der Waals surface area contributed by atoms with Crippen LogP contribution in [0.1, 0.15) is 33.6 Å². The Morgan fingerprint density at radius 1 is 1.30 bits per heavy atom. The molecule has 0 aromatic heterocycles. The van der Waals surface area contributed by atoms with E-state index in [-0.39, 0.29) is 12.6 Å². The van der Waals surface area contributed by atoms with Gasteiger partial charge in [0.1, 0.15) is 5.60 Å². The minimum atomic E-state index is -0.938. The highest BCUT2D eigenvalue weighted by atomic mass is 16.6. The second-order valence-electron chi connectivity index (χ2n) is 5.67. The molecule has 1 aliphatic rings. The highest BCUT2D eigenvalue weighted by Crippen LogP contribution is 2.20. The molecule has 0 spiro atoms. The Bertz CT molecular complexity index is 389. The van der Waals surface area contributed by atoms with E-state index in [0.717, 1.165) is 20.0 Å². The molecule has 0 saturated carbocycles. The van der Waals surface area contributed by atoms with Gasteiger partial charge in [-0.25, -0.2) is 9.59 Å². The molecule has 0 radical (unpaired) electrons. The smallest absolute Gasteiger partial charge is 0.410 e. The molecule has 1 aliphatic heterocycles. The highest BCUT2D eigenvalue weighted by molar-refractivity contribution is 6.32. The number of hydrogen-bond acceptors (Lipinski definition) is 5. The number of amides is 2. The zero-order chi connectivity index (χ0) is 15.3. The number of hydrogen-bond donors (Lipinski definition) is 1. The first-order valence-electron chi connectivity index (χ1n) is 6.60. The van der Waals surface area contributed by atoms with Crippen molar-refractivity contribution in [3.63, 3.8) is 0 Å². The van der Waals surface area contributed by atoms with E-state index in [1.807, 2.05) is 0 Å². The molecule has 0 aliphatic carbocycles. The summed E-state index contributed by atoms with van der Waals surface area (Å²) < 4.78 is 9.62. The molecule has 114 valence electrons. The van der Waals surface area contributed by atoms with Crippen molar-refractivity contribution in [2.75, 3.05) is 20.2 Å². The summed E-state index contributed by atoms with van der Waals surface area (Å²) >= 11 is 0. The minimum Gasteiger partial charge on any atom is -0.462 e. The first kappa shape index (κ1) is 16.3. The zero-order valence-electron chi connectivity index (χ0n) is 12.4. The molecule has 7 nitrogen and oxygen atoms in total. The van der Waals surface area contributed by atoms with Crippen LogP contribution in [0.2, 0.25) is 0 Å². The molecule has 1 fully saturated rings. The number of carbonyl (C=O) groups is 3. The first-order chi connectivity index (χ1) is 9.24. The highest BCUT2D eigenvalue weighted by Gasteiger charge is 2.32. The summed E-state index contributed by atoms with van der Waals surface area (Å²) in [5.74, 6) is -1.74. The second-order valence-corrected chi connectivity index (χ2v) is 5.67. The average Bonchev–Trinajstić information content (AvgIpc) is 2.81. The summed E-state index contributed by atoms with van der Waals surface area (Å²) in [6, 6.07) is -0.154. The van der Waals surface area contributed by atoms with Crippen LogP contribution >= 0.6 is 0 Å². The predicted molar refractivity (Wildman–Crippen MR) is 71.0 cm³/mol. The first-order valence-corrected chi connectivity index (χ1v) is 6.60. The van der Waals surface area contributed by atoms with E-state index in [1.54, 1.807) is 25.7 Å². The monoisotopic (exact) mass is 286 g/mol. The molecule has 1 saturated heterocycles. The fraction of sp³-hybridized carbons (Fsp3) is 0.769. The summed E-state index contributed by atoms with van der Waals surface area (Å²) in [6.45, 7) is 6.21. The van der Waals surface area contributed by atoms with Gasteiger partial charge in [0.15, 0.2) is 0 Å². The van der Waals surface area contributed by atoms with Crippen LogP contribution in [0.4, 0.5) is 4.79 Å². The van der Waals surface area contributed by atoms with E-state index in [1.165, 1.54) is 0 Å². The van der Waals surface area contributed by atoms with Gasteiger partial charge in [-0.1, -0.05) is 0 Å². The molecule has 0 aromatic carbocycles. The van der Waals surface area contributed by atoms with Crippen molar-refractivity contribution in [3.8, 4) is 0 Å². The number of rotatable bonds is 2. The quantitative estimate of drug-likeness (QED) is 0.596. The number of methoxy groups -OCH3 is 1. The molecule has 7 heteroatoms. The van der Waals surface area contributed by atoms with E-state index < -0.39 is 23.6 Å². The Kier molecular flexibility index (Phi) is 5.35. The van der Waals surface area contributed by atoms with Gasteiger partial charge in [-0.3, -0.25) is 4.79 Å². The van der Waals surface area contributed by atoms with Gasteiger partial charge < -0.3 is 19.7 Å². The lowest BCUT2D eigenvalue weighted by Gasteiger charge is -2.28. The summed E-state index contributed by atoms with van der Waals surface area (Å²) in [4.78, 5) is 35.9. The normalized spacial score (nSPS) is 18.6. The molecule has 0 bridgehead atoms.